The zero-order valence-electron chi connectivity index (χ0n) is 16.6. The molecule has 0 bridgehead atoms. The lowest BCUT2D eigenvalue weighted by Gasteiger charge is -2.32. The highest BCUT2D eigenvalue weighted by Crippen LogP contribution is 2.22. The number of benzene rings is 1. The first-order chi connectivity index (χ1) is 13.5. The van der Waals surface area contributed by atoms with Gasteiger partial charge in [-0.15, -0.1) is 24.0 Å². The molecule has 1 aromatic carbocycles. The Bertz CT molecular complexity index is 790. The van der Waals surface area contributed by atoms with Gasteiger partial charge in [0.25, 0.3) is 6.43 Å². The molecule has 0 aliphatic carbocycles. The molecule has 1 aromatic heterocycles. The summed E-state index contributed by atoms with van der Waals surface area (Å²) in [6.45, 7) is 4.71. The number of guanidine groups is 1. The van der Waals surface area contributed by atoms with Crippen molar-refractivity contribution in [3.63, 3.8) is 0 Å². The lowest BCUT2D eigenvalue weighted by atomic mass is 10.1. The van der Waals surface area contributed by atoms with Crippen LogP contribution in [0.15, 0.2) is 29.4 Å². The first kappa shape index (κ1) is 24.1. The van der Waals surface area contributed by atoms with Crippen LogP contribution in [0.5, 0.6) is 0 Å². The van der Waals surface area contributed by atoms with Gasteiger partial charge in [-0.05, 0) is 49.9 Å². The molecule has 3 N–H and O–H groups in total. The van der Waals surface area contributed by atoms with Gasteiger partial charge in [-0.3, -0.25) is 9.89 Å². The Morgan fingerprint density at radius 2 is 2.10 bits per heavy atom. The Morgan fingerprint density at radius 3 is 2.79 bits per heavy atom. The predicted octanol–water partition coefficient (Wildman–Crippen LogP) is 4.27. The van der Waals surface area contributed by atoms with Gasteiger partial charge in [0.15, 0.2) is 5.96 Å². The maximum atomic E-state index is 12.5. The second-order valence-electron chi connectivity index (χ2n) is 7.12. The maximum absolute atomic E-state index is 12.5. The van der Waals surface area contributed by atoms with Crippen molar-refractivity contribution in [1.82, 2.24) is 20.5 Å². The van der Waals surface area contributed by atoms with Crippen molar-refractivity contribution in [3.8, 4) is 0 Å². The Labute approximate surface area is 192 Å². The summed E-state index contributed by atoms with van der Waals surface area (Å²) >= 11 is 6.11. The number of halogens is 4. The van der Waals surface area contributed by atoms with E-state index in [9.17, 15) is 8.78 Å². The highest BCUT2D eigenvalue weighted by molar-refractivity contribution is 14.0. The summed E-state index contributed by atoms with van der Waals surface area (Å²) in [5.41, 5.74) is 2.27. The molecular formula is C20H29ClF2IN5. The number of likely N-dealkylation sites (tertiary alicyclic amines) is 1. The Kier molecular flexibility index (Phi) is 9.91. The number of piperidine rings is 1. The molecular weight excluding hydrogens is 511 g/mol. The predicted molar refractivity (Wildman–Crippen MR) is 127 cm³/mol. The smallest absolute Gasteiger partial charge is 0.251 e. The molecule has 2 heterocycles. The van der Waals surface area contributed by atoms with Crippen molar-refractivity contribution in [1.29, 1.82) is 0 Å². The number of nitrogens with zero attached hydrogens (tertiary/aromatic N) is 2. The van der Waals surface area contributed by atoms with Crippen molar-refractivity contribution in [2.75, 3.05) is 32.7 Å². The normalized spacial score (nSPS) is 16.2. The zero-order valence-corrected chi connectivity index (χ0v) is 19.6. The minimum Gasteiger partial charge on any atom is -0.361 e. The number of hydrogen-bond acceptors (Lipinski definition) is 2. The lowest BCUT2D eigenvalue weighted by molar-refractivity contribution is 0.0744. The molecule has 0 amide bonds. The molecule has 0 radical (unpaired) electrons. The van der Waals surface area contributed by atoms with Crippen LogP contribution in [0.3, 0.4) is 0 Å². The van der Waals surface area contributed by atoms with Gasteiger partial charge in [-0.2, -0.15) is 0 Å². The largest absolute Gasteiger partial charge is 0.361 e. The summed E-state index contributed by atoms with van der Waals surface area (Å²) in [6, 6.07) is 6.10. The van der Waals surface area contributed by atoms with Gasteiger partial charge in [0.2, 0.25) is 0 Å². The third kappa shape index (κ3) is 7.25. The van der Waals surface area contributed by atoms with E-state index in [0.717, 1.165) is 47.7 Å². The Balaban J connectivity index is 0.00000300. The minimum atomic E-state index is -2.26. The van der Waals surface area contributed by atoms with Gasteiger partial charge >= 0.3 is 0 Å². The summed E-state index contributed by atoms with van der Waals surface area (Å²) < 4.78 is 25.0. The van der Waals surface area contributed by atoms with E-state index in [4.69, 9.17) is 16.6 Å². The first-order valence-electron chi connectivity index (χ1n) is 9.86. The van der Waals surface area contributed by atoms with Crippen molar-refractivity contribution in [2.24, 2.45) is 4.99 Å². The third-order valence-electron chi connectivity index (χ3n) is 5.05. The van der Waals surface area contributed by atoms with Crippen LogP contribution in [-0.2, 0) is 6.42 Å². The molecule has 1 fully saturated rings. The van der Waals surface area contributed by atoms with E-state index in [1.54, 1.807) is 0 Å². The summed E-state index contributed by atoms with van der Waals surface area (Å²) in [4.78, 5) is 9.79. The third-order valence-corrected chi connectivity index (χ3v) is 5.28. The van der Waals surface area contributed by atoms with Crippen LogP contribution in [-0.4, -0.2) is 61.0 Å². The molecule has 0 spiro atoms. The summed E-state index contributed by atoms with van der Waals surface area (Å²) in [5, 5.41) is 8.59. The number of alkyl halides is 2. The molecule has 0 saturated carbocycles. The topological polar surface area (TPSA) is 55.5 Å². The zero-order chi connectivity index (χ0) is 19.9. The number of hydrogen-bond donors (Lipinski definition) is 3. The van der Waals surface area contributed by atoms with Crippen LogP contribution in [0.25, 0.3) is 10.9 Å². The van der Waals surface area contributed by atoms with Crippen LogP contribution in [0, 0.1) is 0 Å². The summed E-state index contributed by atoms with van der Waals surface area (Å²) in [5.74, 6) is 0.785. The number of rotatable bonds is 7. The average Bonchev–Trinajstić information content (AvgIpc) is 3.05. The summed E-state index contributed by atoms with van der Waals surface area (Å²) in [7, 11) is 0. The van der Waals surface area contributed by atoms with Crippen molar-refractivity contribution in [2.45, 2.75) is 38.7 Å². The highest BCUT2D eigenvalue weighted by Gasteiger charge is 2.21. The fourth-order valence-electron chi connectivity index (χ4n) is 3.61. The summed E-state index contributed by atoms with van der Waals surface area (Å²) in [6.07, 6.45) is 2.25. The standard InChI is InChI=1S/C20H28ClF2N5.HI/c1-2-24-20(27-16-6-9-28(10-7-16)13-19(22)23)25-8-5-14-12-26-18-4-3-15(21)11-17(14)18;/h3-4,11-12,16,19,26H,2,5-10,13H2,1H3,(H2,24,25,27);1H. The number of aromatic nitrogens is 1. The number of aromatic amines is 1. The van der Waals surface area contributed by atoms with Crippen LogP contribution < -0.4 is 10.6 Å². The number of H-pyrrole nitrogens is 1. The molecule has 3 rings (SSSR count). The van der Waals surface area contributed by atoms with E-state index < -0.39 is 6.43 Å². The van der Waals surface area contributed by atoms with Crippen LogP contribution in [0.4, 0.5) is 8.78 Å². The van der Waals surface area contributed by atoms with Gasteiger partial charge in [0.1, 0.15) is 0 Å². The van der Waals surface area contributed by atoms with Gasteiger partial charge in [-0.1, -0.05) is 11.6 Å². The fraction of sp³-hybridized carbons (Fsp3) is 0.550. The van der Waals surface area contributed by atoms with E-state index in [2.05, 4.69) is 15.6 Å². The monoisotopic (exact) mass is 539 g/mol. The average molecular weight is 540 g/mol. The fourth-order valence-corrected chi connectivity index (χ4v) is 3.79. The number of nitrogens with one attached hydrogen (secondary N) is 3. The van der Waals surface area contributed by atoms with E-state index in [1.165, 1.54) is 5.56 Å². The second-order valence-corrected chi connectivity index (χ2v) is 7.56. The van der Waals surface area contributed by atoms with E-state index in [1.807, 2.05) is 36.2 Å². The number of aliphatic imine (C=N–C) groups is 1. The van der Waals surface area contributed by atoms with Crippen molar-refractivity contribution < 1.29 is 8.78 Å². The molecule has 162 valence electrons. The minimum absolute atomic E-state index is 0. The van der Waals surface area contributed by atoms with Crippen LogP contribution >= 0.6 is 35.6 Å². The molecule has 9 heteroatoms. The maximum Gasteiger partial charge on any atom is 0.251 e. The van der Waals surface area contributed by atoms with Crippen molar-refractivity contribution in [3.05, 3.63) is 35.0 Å². The Morgan fingerprint density at radius 1 is 1.34 bits per heavy atom. The van der Waals surface area contributed by atoms with Crippen molar-refractivity contribution >= 4 is 52.4 Å². The van der Waals surface area contributed by atoms with Gasteiger partial charge in [0, 0.05) is 54.3 Å². The Hall–Kier alpha value is -1.13. The first-order valence-corrected chi connectivity index (χ1v) is 10.2. The second kappa shape index (κ2) is 11.9. The SMILES string of the molecule is CCNC(=NCCc1c[nH]c2ccc(Cl)cc12)NC1CCN(CC(F)F)CC1.I. The van der Waals surface area contributed by atoms with Gasteiger partial charge < -0.3 is 15.6 Å². The van der Waals surface area contributed by atoms with E-state index in [-0.39, 0.29) is 36.6 Å². The molecule has 2 aromatic rings. The number of fused-ring (bicyclic) bond motifs is 1. The van der Waals surface area contributed by atoms with Crippen LogP contribution in [0.1, 0.15) is 25.3 Å². The molecule has 1 aliphatic heterocycles. The molecule has 5 nitrogen and oxygen atoms in total. The highest BCUT2D eigenvalue weighted by atomic mass is 127. The molecule has 1 aliphatic rings. The molecule has 0 atom stereocenters. The quantitative estimate of drug-likeness (QED) is 0.280. The molecule has 29 heavy (non-hydrogen) atoms. The molecule has 0 unspecified atom stereocenters. The lowest BCUT2D eigenvalue weighted by Crippen LogP contribution is -2.49. The van der Waals surface area contributed by atoms with Crippen LogP contribution in [0.2, 0.25) is 5.02 Å². The van der Waals surface area contributed by atoms with Gasteiger partial charge in [-0.25, -0.2) is 8.78 Å². The van der Waals surface area contributed by atoms with Gasteiger partial charge in [0.05, 0.1) is 6.54 Å². The van der Waals surface area contributed by atoms with E-state index >= 15 is 0 Å². The van der Waals surface area contributed by atoms with E-state index in [0.29, 0.717) is 19.6 Å². The molecule has 1 saturated heterocycles.